The summed E-state index contributed by atoms with van der Waals surface area (Å²) in [5.74, 6) is -0.147. The van der Waals surface area contributed by atoms with Crippen LogP contribution in [0, 0.1) is 0 Å². The third-order valence-corrected chi connectivity index (χ3v) is 3.74. The monoisotopic (exact) mass is 291 g/mol. The smallest absolute Gasteiger partial charge is 0.255 e. The molecule has 0 radical (unpaired) electrons. The average Bonchev–Trinajstić information content (AvgIpc) is 3.13. The van der Waals surface area contributed by atoms with Gasteiger partial charge >= 0.3 is 0 Å². The molecule has 0 aliphatic heterocycles. The molecule has 0 aliphatic carbocycles. The fraction of sp³-hybridized carbons (Fsp3) is 0.0588. The van der Waals surface area contributed by atoms with Crippen LogP contribution in [-0.2, 0) is 7.05 Å². The van der Waals surface area contributed by atoms with Gasteiger partial charge in [0.1, 0.15) is 5.52 Å². The second-order valence-electron chi connectivity index (χ2n) is 5.19. The summed E-state index contributed by atoms with van der Waals surface area (Å²) in [6.45, 7) is 0. The first-order valence-electron chi connectivity index (χ1n) is 6.90. The zero-order valence-electron chi connectivity index (χ0n) is 11.9. The van der Waals surface area contributed by atoms with E-state index in [1.807, 2.05) is 42.1 Å². The summed E-state index contributed by atoms with van der Waals surface area (Å²) in [6, 6.07) is 13.1. The third-order valence-electron chi connectivity index (χ3n) is 3.74. The maximum absolute atomic E-state index is 12.4. The number of anilines is 1. The largest absolute Gasteiger partial charge is 0.443 e. The fourth-order valence-corrected chi connectivity index (χ4v) is 2.54. The normalized spacial score (nSPS) is 11.1. The molecule has 2 aromatic heterocycles. The summed E-state index contributed by atoms with van der Waals surface area (Å²) in [6.07, 6.45) is 3.37. The van der Waals surface area contributed by atoms with Crippen molar-refractivity contribution in [1.29, 1.82) is 0 Å². The first-order valence-corrected chi connectivity index (χ1v) is 6.90. The van der Waals surface area contributed by atoms with E-state index in [1.165, 1.54) is 6.39 Å². The average molecular weight is 291 g/mol. The molecule has 108 valence electrons. The van der Waals surface area contributed by atoms with Gasteiger partial charge in [-0.3, -0.25) is 4.79 Å². The van der Waals surface area contributed by atoms with Crippen molar-refractivity contribution in [3.63, 3.8) is 0 Å². The summed E-state index contributed by atoms with van der Waals surface area (Å²) in [7, 11) is 1.96. The molecule has 5 nitrogen and oxygen atoms in total. The molecule has 0 saturated heterocycles. The summed E-state index contributed by atoms with van der Waals surface area (Å²) in [5.41, 5.74) is 3.76. The van der Waals surface area contributed by atoms with Crippen LogP contribution >= 0.6 is 0 Å². The number of benzene rings is 2. The van der Waals surface area contributed by atoms with Crippen molar-refractivity contribution >= 4 is 33.6 Å². The van der Waals surface area contributed by atoms with E-state index in [0.29, 0.717) is 16.8 Å². The maximum Gasteiger partial charge on any atom is 0.255 e. The Morgan fingerprint density at radius 3 is 3.00 bits per heavy atom. The van der Waals surface area contributed by atoms with Crippen molar-refractivity contribution in [2.75, 3.05) is 5.32 Å². The van der Waals surface area contributed by atoms with Crippen LogP contribution in [0.5, 0.6) is 0 Å². The molecule has 4 aromatic rings. The lowest BCUT2D eigenvalue weighted by atomic mass is 10.1. The van der Waals surface area contributed by atoms with Crippen LogP contribution in [0.15, 0.2) is 59.5 Å². The van der Waals surface area contributed by atoms with E-state index in [2.05, 4.69) is 10.3 Å². The van der Waals surface area contributed by atoms with Gasteiger partial charge in [0.05, 0.1) is 0 Å². The number of rotatable bonds is 2. The summed E-state index contributed by atoms with van der Waals surface area (Å²) in [4.78, 5) is 16.5. The molecular formula is C17H13N3O2. The lowest BCUT2D eigenvalue weighted by Crippen LogP contribution is -2.11. The van der Waals surface area contributed by atoms with E-state index >= 15 is 0 Å². The molecule has 5 heteroatoms. The molecule has 0 unspecified atom stereocenters. The number of fused-ring (bicyclic) bond motifs is 2. The number of amides is 1. The molecule has 1 amide bonds. The van der Waals surface area contributed by atoms with Crippen LogP contribution in [-0.4, -0.2) is 15.5 Å². The fourth-order valence-electron chi connectivity index (χ4n) is 2.54. The highest BCUT2D eigenvalue weighted by Gasteiger charge is 2.09. The molecule has 0 aliphatic rings. The standard InChI is InChI=1S/C17H13N3O2/c1-20-7-6-11-2-3-12(8-15(11)20)17(21)19-13-4-5-16-14(9-13)18-10-22-16/h2-10H,1H3,(H,19,21). The van der Waals surface area contributed by atoms with Crippen molar-refractivity contribution in [3.05, 3.63) is 60.6 Å². The molecule has 0 fully saturated rings. The first-order chi connectivity index (χ1) is 10.7. The Morgan fingerprint density at radius 1 is 1.18 bits per heavy atom. The number of aromatic nitrogens is 2. The number of hydrogen-bond acceptors (Lipinski definition) is 3. The zero-order chi connectivity index (χ0) is 15.1. The van der Waals surface area contributed by atoms with Crippen LogP contribution in [0.3, 0.4) is 0 Å². The predicted octanol–water partition coefficient (Wildman–Crippen LogP) is 3.57. The highest BCUT2D eigenvalue weighted by molar-refractivity contribution is 6.06. The molecule has 0 bridgehead atoms. The molecule has 4 rings (SSSR count). The molecule has 0 spiro atoms. The Hall–Kier alpha value is -3.08. The van der Waals surface area contributed by atoms with Crippen LogP contribution in [0.25, 0.3) is 22.0 Å². The maximum atomic E-state index is 12.4. The Kier molecular flexibility index (Phi) is 2.72. The lowest BCUT2D eigenvalue weighted by molar-refractivity contribution is 0.102. The quantitative estimate of drug-likeness (QED) is 0.614. The number of hydrogen-bond donors (Lipinski definition) is 1. The zero-order valence-corrected chi connectivity index (χ0v) is 11.9. The number of carbonyl (C=O) groups excluding carboxylic acids is 1. The molecule has 2 heterocycles. The van der Waals surface area contributed by atoms with Gasteiger partial charge in [0.15, 0.2) is 12.0 Å². The minimum atomic E-state index is -0.147. The minimum absolute atomic E-state index is 0.147. The van der Waals surface area contributed by atoms with Crippen molar-refractivity contribution in [3.8, 4) is 0 Å². The molecule has 22 heavy (non-hydrogen) atoms. The first kappa shape index (κ1) is 12.6. The highest BCUT2D eigenvalue weighted by Crippen LogP contribution is 2.20. The van der Waals surface area contributed by atoms with Gasteiger partial charge in [-0.05, 0) is 41.8 Å². The Morgan fingerprint density at radius 2 is 2.09 bits per heavy atom. The van der Waals surface area contributed by atoms with E-state index < -0.39 is 0 Å². The highest BCUT2D eigenvalue weighted by atomic mass is 16.3. The minimum Gasteiger partial charge on any atom is -0.443 e. The van der Waals surface area contributed by atoms with Crippen molar-refractivity contribution in [2.45, 2.75) is 0 Å². The number of oxazole rings is 1. The van der Waals surface area contributed by atoms with E-state index in [4.69, 9.17) is 4.42 Å². The second kappa shape index (κ2) is 4.73. The van der Waals surface area contributed by atoms with Gasteiger partial charge in [0.2, 0.25) is 0 Å². The van der Waals surface area contributed by atoms with Gasteiger partial charge in [0.25, 0.3) is 5.91 Å². The number of nitrogens with one attached hydrogen (secondary N) is 1. The van der Waals surface area contributed by atoms with Crippen LogP contribution in [0.4, 0.5) is 5.69 Å². The molecule has 0 saturated carbocycles. The van der Waals surface area contributed by atoms with E-state index in [1.54, 1.807) is 18.2 Å². The molecular weight excluding hydrogens is 278 g/mol. The van der Waals surface area contributed by atoms with E-state index in [0.717, 1.165) is 16.4 Å². The summed E-state index contributed by atoms with van der Waals surface area (Å²) >= 11 is 0. The van der Waals surface area contributed by atoms with Crippen LogP contribution in [0.1, 0.15) is 10.4 Å². The second-order valence-corrected chi connectivity index (χ2v) is 5.19. The predicted molar refractivity (Wildman–Crippen MR) is 84.9 cm³/mol. The SMILES string of the molecule is Cn1ccc2ccc(C(=O)Nc3ccc4ocnc4c3)cc21. The van der Waals surface area contributed by atoms with Gasteiger partial charge in [-0.2, -0.15) is 0 Å². The van der Waals surface area contributed by atoms with Gasteiger partial charge in [-0.25, -0.2) is 4.98 Å². The van der Waals surface area contributed by atoms with Crippen LogP contribution < -0.4 is 5.32 Å². The van der Waals surface area contributed by atoms with Crippen LogP contribution in [0.2, 0.25) is 0 Å². The van der Waals surface area contributed by atoms with Gasteiger partial charge in [-0.1, -0.05) is 6.07 Å². The van der Waals surface area contributed by atoms with E-state index in [-0.39, 0.29) is 5.91 Å². The van der Waals surface area contributed by atoms with Crippen molar-refractivity contribution in [2.24, 2.45) is 7.05 Å². The summed E-state index contributed by atoms with van der Waals surface area (Å²) in [5, 5.41) is 4.00. The Bertz CT molecular complexity index is 997. The van der Waals surface area contributed by atoms with Gasteiger partial charge in [-0.15, -0.1) is 0 Å². The van der Waals surface area contributed by atoms with Crippen molar-refractivity contribution in [1.82, 2.24) is 9.55 Å². The Balaban J connectivity index is 1.65. The lowest BCUT2D eigenvalue weighted by Gasteiger charge is -2.06. The molecule has 2 aromatic carbocycles. The van der Waals surface area contributed by atoms with Crippen molar-refractivity contribution < 1.29 is 9.21 Å². The summed E-state index contributed by atoms with van der Waals surface area (Å²) < 4.78 is 7.18. The van der Waals surface area contributed by atoms with E-state index in [9.17, 15) is 4.79 Å². The number of carbonyl (C=O) groups is 1. The molecule has 1 N–H and O–H groups in total. The topological polar surface area (TPSA) is 60.1 Å². The molecule has 0 atom stereocenters. The van der Waals surface area contributed by atoms with Gasteiger partial charge < -0.3 is 14.3 Å². The Labute approximate surface area is 126 Å². The number of nitrogens with zero attached hydrogens (tertiary/aromatic N) is 2. The number of aryl methyl sites for hydroxylation is 1. The van der Waals surface area contributed by atoms with Gasteiger partial charge in [0, 0.05) is 30.0 Å². The third kappa shape index (κ3) is 2.03.